The van der Waals surface area contributed by atoms with Crippen LogP contribution in [0.25, 0.3) is 0 Å². The van der Waals surface area contributed by atoms with Gasteiger partial charge in [0.2, 0.25) is 5.91 Å². The van der Waals surface area contributed by atoms with E-state index in [2.05, 4.69) is 5.32 Å². The lowest BCUT2D eigenvalue weighted by Gasteiger charge is -2.38. The molecule has 0 bridgehead atoms. The fourth-order valence-electron chi connectivity index (χ4n) is 2.12. The molecule has 0 aliphatic heterocycles. The molecule has 1 fully saturated rings. The minimum Gasteiger partial charge on any atom is -0.480 e. The van der Waals surface area contributed by atoms with Gasteiger partial charge in [-0.05, 0) is 37.0 Å². The van der Waals surface area contributed by atoms with Gasteiger partial charge in [-0.2, -0.15) is 0 Å². The van der Waals surface area contributed by atoms with E-state index in [-0.39, 0.29) is 11.7 Å². The van der Waals surface area contributed by atoms with Gasteiger partial charge < -0.3 is 10.4 Å². The van der Waals surface area contributed by atoms with Crippen molar-refractivity contribution >= 4 is 46.8 Å². The van der Waals surface area contributed by atoms with Crippen LogP contribution in [0.15, 0.2) is 18.2 Å². The molecule has 1 saturated carbocycles. The molecule has 0 atom stereocenters. The van der Waals surface area contributed by atoms with E-state index in [1.54, 1.807) is 12.1 Å². The number of thioether (sulfide) groups is 1. The minimum atomic E-state index is -1.05. The number of amides is 1. The highest BCUT2D eigenvalue weighted by Gasteiger charge is 2.45. The molecule has 7 heteroatoms. The summed E-state index contributed by atoms with van der Waals surface area (Å²) in [5.41, 5.74) is -0.147. The Labute approximate surface area is 137 Å². The fraction of sp³-hybridized carbons (Fsp3) is 0.429. The molecule has 1 aromatic carbocycles. The van der Waals surface area contributed by atoms with Crippen molar-refractivity contribution in [1.29, 1.82) is 0 Å². The predicted molar refractivity (Wildman–Crippen MR) is 85.0 cm³/mol. The number of carbonyl (C=O) groups excluding carboxylic acids is 1. The third-order valence-corrected chi connectivity index (χ3v) is 5.07. The number of hydrogen-bond donors (Lipinski definition) is 2. The number of carboxylic acids is 1. The first-order valence-corrected chi connectivity index (χ1v) is 8.40. The first-order chi connectivity index (χ1) is 9.93. The monoisotopic (exact) mass is 347 g/mol. The molecule has 0 aromatic heterocycles. The molecule has 1 aromatic rings. The van der Waals surface area contributed by atoms with Gasteiger partial charge in [-0.1, -0.05) is 29.3 Å². The maximum atomic E-state index is 11.8. The Morgan fingerprint density at radius 1 is 1.33 bits per heavy atom. The van der Waals surface area contributed by atoms with E-state index < -0.39 is 11.5 Å². The van der Waals surface area contributed by atoms with Gasteiger partial charge in [0.25, 0.3) is 0 Å². The summed E-state index contributed by atoms with van der Waals surface area (Å²) in [5.74, 6) is -0.433. The van der Waals surface area contributed by atoms with Crippen molar-refractivity contribution in [2.45, 2.75) is 30.6 Å². The van der Waals surface area contributed by atoms with E-state index in [9.17, 15) is 9.59 Å². The summed E-state index contributed by atoms with van der Waals surface area (Å²) in [7, 11) is 0. The van der Waals surface area contributed by atoms with Crippen molar-refractivity contribution in [2.24, 2.45) is 0 Å². The predicted octanol–water partition coefficient (Wildman–Crippen LogP) is 3.35. The van der Waals surface area contributed by atoms with Gasteiger partial charge >= 0.3 is 5.97 Å². The van der Waals surface area contributed by atoms with Crippen molar-refractivity contribution in [3.05, 3.63) is 33.8 Å². The molecule has 2 N–H and O–H groups in total. The van der Waals surface area contributed by atoms with E-state index in [4.69, 9.17) is 28.3 Å². The highest BCUT2D eigenvalue weighted by molar-refractivity contribution is 7.99. The first-order valence-electron chi connectivity index (χ1n) is 6.49. The largest absolute Gasteiger partial charge is 0.480 e. The zero-order valence-electron chi connectivity index (χ0n) is 11.2. The van der Waals surface area contributed by atoms with Crippen molar-refractivity contribution in [3.8, 4) is 0 Å². The lowest BCUT2D eigenvalue weighted by Crippen LogP contribution is -2.59. The molecule has 0 saturated heterocycles. The van der Waals surface area contributed by atoms with Crippen molar-refractivity contribution in [1.82, 2.24) is 5.32 Å². The molecule has 21 heavy (non-hydrogen) atoms. The van der Waals surface area contributed by atoms with E-state index in [0.717, 1.165) is 12.0 Å². The summed E-state index contributed by atoms with van der Waals surface area (Å²) in [6.07, 6.45) is 1.84. The van der Waals surface area contributed by atoms with Crippen LogP contribution in [0.5, 0.6) is 0 Å². The van der Waals surface area contributed by atoms with Crippen LogP contribution in [-0.4, -0.2) is 28.3 Å². The second kappa shape index (κ2) is 6.90. The summed E-state index contributed by atoms with van der Waals surface area (Å²) < 4.78 is 0. The highest BCUT2D eigenvalue weighted by atomic mass is 35.5. The molecule has 0 heterocycles. The SMILES string of the molecule is O=C(CSCc1ccc(Cl)cc1Cl)NC1(C(=O)O)CCC1. The van der Waals surface area contributed by atoms with Crippen LogP contribution < -0.4 is 5.32 Å². The molecule has 4 nitrogen and oxygen atoms in total. The Kier molecular flexibility index (Phi) is 5.41. The lowest BCUT2D eigenvalue weighted by atomic mass is 9.77. The van der Waals surface area contributed by atoms with Crippen molar-refractivity contribution in [2.75, 3.05) is 5.75 Å². The van der Waals surface area contributed by atoms with Gasteiger partial charge in [0.15, 0.2) is 0 Å². The zero-order valence-corrected chi connectivity index (χ0v) is 13.5. The molecule has 0 spiro atoms. The number of halogens is 2. The van der Waals surface area contributed by atoms with Crippen LogP contribution in [-0.2, 0) is 15.3 Å². The molecule has 1 aliphatic rings. The Morgan fingerprint density at radius 2 is 2.05 bits per heavy atom. The lowest BCUT2D eigenvalue weighted by molar-refractivity contribution is -0.151. The normalized spacial score (nSPS) is 16.1. The van der Waals surface area contributed by atoms with Crippen molar-refractivity contribution < 1.29 is 14.7 Å². The molecule has 1 aliphatic carbocycles. The van der Waals surface area contributed by atoms with Crippen LogP contribution in [0.4, 0.5) is 0 Å². The highest BCUT2D eigenvalue weighted by Crippen LogP contribution is 2.32. The molecule has 0 unspecified atom stereocenters. The second-order valence-corrected chi connectivity index (χ2v) is 6.85. The molecular formula is C14H15Cl2NO3S. The maximum absolute atomic E-state index is 11.8. The van der Waals surface area contributed by atoms with Crippen LogP contribution in [0.1, 0.15) is 24.8 Å². The summed E-state index contributed by atoms with van der Waals surface area (Å²) in [4.78, 5) is 23.0. The van der Waals surface area contributed by atoms with Gasteiger partial charge in [-0.3, -0.25) is 4.79 Å². The minimum absolute atomic E-state index is 0.202. The summed E-state index contributed by atoms with van der Waals surface area (Å²) in [5, 5.41) is 12.9. The Balaban J connectivity index is 1.80. The maximum Gasteiger partial charge on any atom is 0.329 e. The average Bonchev–Trinajstić information content (AvgIpc) is 2.36. The average molecular weight is 348 g/mol. The molecular weight excluding hydrogens is 333 g/mol. The van der Waals surface area contributed by atoms with Crippen LogP contribution in [0.2, 0.25) is 10.0 Å². The van der Waals surface area contributed by atoms with Gasteiger partial charge in [-0.15, -0.1) is 11.8 Å². The molecule has 2 rings (SSSR count). The van der Waals surface area contributed by atoms with Gasteiger partial charge in [-0.25, -0.2) is 4.79 Å². The fourth-order valence-corrected chi connectivity index (χ4v) is 3.50. The number of carboxylic acid groups (broad SMARTS) is 1. The van der Waals surface area contributed by atoms with E-state index >= 15 is 0 Å². The zero-order chi connectivity index (χ0) is 15.5. The van der Waals surface area contributed by atoms with E-state index in [1.165, 1.54) is 11.8 Å². The van der Waals surface area contributed by atoms with Gasteiger partial charge in [0.05, 0.1) is 5.75 Å². The number of aliphatic carboxylic acids is 1. The molecule has 0 radical (unpaired) electrons. The third kappa shape index (κ3) is 4.05. The molecule has 114 valence electrons. The number of benzene rings is 1. The second-order valence-electron chi connectivity index (χ2n) is 5.02. The number of nitrogens with one attached hydrogen (secondary N) is 1. The number of hydrogen-bond acceptors (Lipinski definition) is 3. The summed E-state index contributed by atoms with van der Waals surface area (Å²) in [6, 6.07) is 5.23. The van der Waals surface area contributed by atoms with Crippen LogP contribution >= 0.6 is 35.0 Å². The van der Waals surface area contributed by atoms with Crippen molar-refractivity contribution in [3.63, 3.8) is 0 Å². The third-order valence-electron chi connectivity index (χ3n) is 3.50. The van der Waals surface area contributed by atoms with E-state index in [1.807, 2.05) is 6.07 Å². The summed E-state index contributed by atoms with van der Waals surface area (Å²) in [6.45, 7) is 0. The smallest absolute Gasteiger partial charge is 0.329 e. The van der Waals surface area contributed by atoms with Gasteiger partial charge in [0, 0.05) is 15.8 Å². The Morgan fingerprint density at radius 3 is 2.57 bits per heavy atom. The van der Waals surface area contributed by atoms with Crippen LogP contribution in [0, 0.1) is 0 Å². The first kappa shape index (κ1) is 16.5. The molecule has 1 amide bonds. The quantitative estimate of drug-likeness (QED) is 0.827. The number of carbonyl (C=O) groups is 2. The van der Waals surface area contributed by atoms with E-state index in [0.29, 0.717) is 28.6 Å². The number of rotatable bonds is 6. The van der Waals surface area contributed by atoms with Gasteiger partial charge in [0.1, 0.15) is 5.54 Å². The Hall–Kier alpha value is -0.910. The summed E-state index contributed by atoms with van der Waals surface area (Å²) >= 11 is 13.3. The Bertz CT molecular complexity index is 561. The standard InChI is InChI=1S/C14H15Cl2NO3S/c15-10-3-2-9(11(16)6-10)7-21-8-12(18)17-14(13(19)20)4-1-5-14/h2-3,6H,1,4-5,7-8H2,(H,17,18)(H,19,20). The topological polar surface area (TPSA) is 66.4 Å². The van der Waals surface area contributed by atoms with Crippen LogP contribution in [0.3, 0.4) is 0 Å².